The number of amides is 1. The van der Waals surface area contributed by atoms with Crippen molar-refractivity contribution in [3.05, 3.63) is 80.6 Å². The number of methoxy groups -OCH3 is 1. The van der Waals surface area contributed by atoms with Crippen molar-refractivity contribution in [3.63, 3.8) is 0 Å². The number of benzene rings is 2. The molecule has 0 bridgehead atoms. The molecule has 0 aliphatic heterocycles. The smallest absolute Gasteiger partial charge is 0.332 e. The Morgan fingerprint density at radius 1 is 1.15 bits per heavy atom. The van der Waals surface area contributed by atoms with Gasteiger partial charge in [-0.05, 0) is 18.2 Å². The third-order valence-electron chi connectivity index (χ3n) is 5.63. The molecule has 0 radical (unpaired) electrons. The number of nitrogens with two attached hydrogens (primary N) is 1. The van der Waals surface area contributed by atoms with Crippen LogP contribution in [0, 0.1) is 0 Å². The zero-order chi connectivity index (χ0) is 24.1. The van der Waals surface area contributed by atoms with E-state index >= 15 is 0 Å². The van der Waals surface area contributed by atoms with E-state index in [-0.39, 0.29) is 11.2 Å². The average Bonchev–Trinajstić information content (AvgIpc) is 3.37. The van der Waals surface area contributed by atoms with E-state index in [4.69, 9.17) is 22.1 Å². The number of carbonyl (C=O) groups excluding carboxylic acids is 1. The van der Waals surface area contributed by atoms with Gasteiger partial charge in [-0.1, -0.05) is 41.9 Å². The summed E-state index contributed by atoms with van der Waals surface area (Å²) in [4.78, 5) is 42.1. The van der Waals surface area contributed by atoms with Gasteiger partial charge in [0.15, 0.2) is 11.2 Å². The summed E-state index contributed by atoms with van der Waals surface area (Å²) in [7, 11) is 3.02. The van der Waals surface area contributed by atoms with Crippen LogP contribution in [0.3, 0.4) is 0 Å². The first-order chi connectivity index (χ1) is 16.3. The molecule has 2 N–H and O–H groups in total. The van der Waals surface area contributed by atoms with Crippen molar-refractivity contribution < 1.29 is 9.53 Å². The summed E-state index contributed by atoms with van der Waals surface area (Å²) < 4.78 is 10.7. The molecular weight excluding hydrogens is 460 g/mol. The second kappa shape index (κ2) is 7.92. The fraction of sp³-hybridized carbons (Fsp3) is 0.130. The number of hydrogen-bond acceptors (Lipinski definition) is 5. The second-order valence-corrected chi connectivity index (χ2v) is 8.10. The van der Waals surface area contributed by atoms with Crippen LogP contribution in [0.15, 0.2) is 64.3 Å². The van der Waals surface area contributed by atoms with E-state index in [1.165, 1.54) is 18.7 Å². The van der Waals surface area contributed by atoms with E-state index in [0.717, 1.165) is 15.8 Å². The van der Waals surface area contributed by atoms with Crippen LogP contribution in [0.5, 0.6) is 5.75 Å². The Hall–Kier alpha value is -4.31. The van der Waals surface area contributed by atoms with Crippen LogP contribution in [-0.4, -0.2) is 36.1 Å². The van der Waals surface area contributed by atoms with Crippen LogP contribution < -0.4 is 21.7 Å². The molecule has 5 rings (SSSR count). The Bertz CT molecular complexity index is 1710. The maximum atomic E-state index is 13.3. The Kier molecular flexibility index (Phi) is 5.02. The summed E-state index contributed by atoms with van der Waals surface area (Å²) in [5.41, 5.74) is 6.54. The highest BCUT2D eigenvalue weighted by Crippen LogP contribution is 2.32. The van der Waals surface area contributed by atoms with E-state index < -0.39 is 23.7 Å². The van der Waals surface area contributed by atoms with Crippen LogP contribution >= 0.6 is 11.6 Å². The predicted molar refractivity (Wildman–Crippen MR) is 128 cm³/mol. The van der Waals surface area contributed by atoms with Crippen molar-refractivity contribution in [3.8, 4) is 22.7 Å². The Morgan fingerprint density at radius 3 is 2.53 bits per heavy atom. The molecule has 0 fully saturated rings. The topological polar surface area (TPSA) is 119 Å². The molecule has 34 heavy (non-hydrogen) atoms. The van der Waals surface area contributed by atoms with Crippen LogP contribution in [0.1, 0.15) is 0 Å². The largest absolute Gasteiger partial charge is 0.495 e. The normalized spacial score (nSPS) is 11.4. The minimum atomic E-state index is -0.797. The third kappa shape index (κ3) is 3.19. The maximum Gasteiger partial charge on any atom is 0.332 e. The molecule has 5 aromatic rings. The zero-order valence-electron chi connectivity index (χ0n) is 18.2. The molecule has 0 aliphatic carbocycles. The van der Waals surface area contributed by atoms with Crippen molar-refractivity contribution in [2.24, 2.45) is 12.8 Å². The van der Waals surface area contributed by atoms with Gasteiger partial charge in [0.05, 0.1) is 23.5 Å². The van der Waals surface area contributed by atoms with Gasteiger partial charge >= 0.3 is 5.69 Å². The van der Waals surface area contributed by atoms with Crippen molar-refractivity contribution in [1.82, 2.24) is 23.1 Å². The van der Waals surface area contributed by atoms with E-state index in [1.54, 1.807) is 22.7 Å². The summed E-state index contributed by atoms with van der Waals surface area (Å²) in [5.74, 6) is 0.105. The predicted octanol–water partition coefficient (Wildman–Crippen LogP) is 1.95. The fourth-order valence-corrected chi connectivity index (χ4v) is 4.30. The van der Waals surface area contributed by atoms with Gasteiger partial charge in [-0.15, -0.1) is 0 Å². The number of halogens is 1. The number of aryl methyl sites for hydroxylation is 1. The van der Waals surface area contributed by atoms with Crippen molar-refractivity contribution in [1.29, 1.82) is 0 Å². The molecule has 11 heteroatoms. The number of carbonyl (C=O) groups is 1. The number of fused-ring (bicyclic) bond motifs is 3. The highest BCUT2D eigenvalue weighted by atomic mass is 35.5. The summed E-state index contributed by atoms with van der Waals surface area (Å²) >= 11 is 6.41. The number of primary amides is 1. The minimum absolute atomic E-state index is 0.147. The highest BCUT2D eigenvalue weighted by molar-refractivity contribution is 6.32. The van der Waals surface area contributed by atoms with E-state index in [0.29, 0.717) is 22.2 Å². The van der Waals surface area contributed by atoms with Gasteiger partial charge in [0, 0.05) is 18.8 Å². The lowest BCUT2D eigenvalue weighted by atomic mass is 10.1. The monoisotopic (exact) mass is 478 g/mol. The Morgan fingerprint density at radius 2 is 1.88 bits per heavy atom. The molecule has 0 saturated carbocycles. The summed E-state index contributed by atoms with van der Waals surface area (Å²) in [6.07, 6.45) is 1.76. The van der Waals surface area contributed by atoms with Gasteiger partial charge in [-0.2, -0.15) is 4.98 Å². The average molecular weight is 479 g/mol. The fourth-order valence-electron chi connectivity index (χ4n) is 4.05. The molecule has 0 unspecified atom stereocenters. The number of hydrogen-bond donors (Lipinski definition) is 1. The van der Waals surface area contributed by atoms with E-state index in [1.807, 2.05) is 41.0 Å². The lowest BCUT2D eigenvalue weighted by Crippen LogP contribution is -2.42. The molecule has 0 atom stereocenters. The van der Waals surface area contributed by atoms with Gasteiger partial charge < -0.3 is 10.5 Å². The SMILES string of the molecule is COc1ccc(-n2c(-c3ccccc3)cn3c4c(=O)n(CC(N)=O)c(=O)n(C)c4nc23)cc1Cl. The van der Waals surface area contributed by atoms with E-state index in [2.05, 4.69) is 4.98 Å². The van der Waals surface area contributed by atoms with Gasteiger partial charge in [-0.3, -0.25) is 23.1 Å². The van der Waals surface area contributed by atoms with Crippen molar-refractivity contribution in [2.45, 2.75) is 6.54 Å². The lowest BCUT2D eigenvalue weighted by molar-refractivity contribution is -0.118. The summed E-state index contributed by atoms with van der Waals surface area (Å²) in [6, 6.07) is 14.9. The van der Waals surface area contributed by atoms with Gasteiger partial charge in [0.25, 0.3) is 5.56 Å². The summed E-state index contributed by atoms with van der Waals surface area (Å²) in [6.45, 7) is -0.533. The van der Waals surface area contributed by atoms with Crippen LogP contribution in [0.25, 0.3) is 33.9 Å². The first-order valence-corrected chi connectivity index (χ1v) is 10.6. The standard InChI is InChI=1S/C23H19ClN6O4/c1-27-20-19(21(32)29(23(27)33)12-18(25)31)28-11-16(13-6-4-3-5-7-13)30(22(28)26-20)14-8-9-17(34-2)15(24)10-14/h3-11H,12H2,1-2H3,(H2,25,31). The first kappa shape index (κ1) is 21.5. The van der Waals surface area contributed by atoms with Crippen LogP contribution in [0.2, 0.25) is 5.02 Å². The second-order valence-electron chi connectivity index (χ2n) is 7.69. The molecule has 0 aliphatic rings. The Balaban J connectivity index is 1.92. The highest BCUT2D eigenvalue weighted by Gasteiger charge is 2.23. The molecular formula is C23H19ClN6O4. The molecule has 0 saturated heterocycles. The van der Waals surface area contributed by atoms with Crippen molar-refractivity contribution in [2.75, 3.05) is 7.11 Å². The first-order valence-electron chi connectivity index (χ1n) is 10.2. The minimum Gasteiger partial charge on any atom is -0.495 e. The number of ether oxygens (including phenoxy) is 1. The van der Waals surface area contributed by atoms with Crippen LogP contribution in [0.4, 0.5) is 0 Å². The maximum absolute atomic E-state index is 13.3. The third-order valence-corrected chi connectivity index (χ3v) is 5.92. The number of aromatic nitrogens is 5. The number of rotatable bonds is 5. The quantitative estimate of drug-likeness (QED) is 0.414. The summed E-state index contributed by atoms with van der Waals surface area (Å²) in [5, 5.41) is 0.401. The number of nitrogens with zero attached hydrogens (tertiary/aromatic N) is 5. The van der Waals surface area contributed by atoms with Crippen molar-refractivity contribution >= 4 is 34.4 Å². The molecule has 1 amide bonds. The number of imidazole rings is 2. The van der Waals surface area contributed by atoms with Crippen LogP contribution in [-0.2, 0) is 18.4 Å². The molecule has 172 valence electrons. The zero-order valence-corrected chi connectivity index (χ0v) is 19.0. The van der Waals surface area contributed by atoms with Gasteiger partial charge in [0.1, 0.15) is 12.3 Å². The van der Waals surface area contributed by atoms with Gasteiger partial charge in [-0.25, -0.2) is 9.36 Å². The Labute approximate surface area is 197 Å². The lowest BCUT2D eigenvalue weighted by Gasteiger charge is -2.11. The molecule has 3 heterocycles. The molecule has 2 aromatic carbocycles. The molecule has 0 spiro atoms. The van der Waals surface area contributed by atoms with Gasteiger partial charge in [0.2, 0.25) is 11.7 Å². The van der Waals surface area contributed by atoms with E-state index in [9.17, 15) is 14.4 Å². The molecule has 3 aromatic heterocycles. The molecule has 10 nitrogen and oxygen atoms in total.